The molecule has 0 fully saturated rings. The Kier molecular flexibility index (Phi) is 6.25. The van der Waals surface area contributed by atoms with Crippen LogP contribution < -0.4 is 10.1 Å². The van der Waals surface area contributed by atoms with Gasteiger partial charge in [0.25, 0.3) is 0 Å². The quantitative estimate of drug-likeness (QED) is 0.749. The highest BCUT2D eigenvalue weighted by Crippen LogP contribution is 2.30. The molecule has 2 N–H and O–H groups in total. The number of ether oxygens (including phenoxy) is 1. The van der Waals surface area contributed by atoms with Crippen LogP contribution in [0.15, 0.2) is 36.4 Å². The average molecular weight is 343 g/mol. The van der Waals surface area contributed by atoms with E-state index in [1.165, 1.54) is 12.1 Å². The van der Waals surface area contributed by atoms with E-state index in [9.17, 15) is 23.1 Å². The molecule has 132 valence electrons. The number of hydrogen-bond donors (Lipinski definition) is 2. The molecule has 0 unspecified atom stereocenters. The number of nitrogens with one attached hydrogen (secondary N) is 1. The van der Waals surface area contributed by atoms with Gasteiger partial charge in [-0.05, 0) is 43.0 Å². The lowest BCUT2D eigenvalue weighted by Crippen LogP contribution is -2.35. The van der Waals surface area contributed by atoms with Crippen molar-refractivity contribution in [2.24, 2.45) is 5.92 Å². The molecule has 0 aromatic heterocycles. The smallest absolute Gasteiger partial charge is 0.416 e. The van der Waals surface area contributed by atoms with Gasteiger partial charge >= 0.3 is 6.18 Å². The molecular formula is C17H20F3NO3. The van der Waals surface area contributed by atoms with E-state index in [0.29, 0.717) is 6.42 Å². The summed E-state index contributed by atoms with van der Waals surface area (Å²) in [6.45, 7) is -0.0785. The van der Waals surface area contributed by atoms with Gasteiger partial charge in [0.1, 0.15) is 18.5 Å². The number of amides is 1. The fourth-order valence-corrected chi connectivity index (χ4v) is 2.40. The second-order valence-electron chi connectivity index (χ2n) is 5.76. The van der Waals surface area contributed by atoms with Crippen molar-refractivity contribution in [1.29, 1.82) is 0 Å². The monoisotopic (exact) mass is 343 g/mol. The van der Waals surface area contributed by atoms with Gasteiger partial charge in [0.15, 0.2) is 0 Å². The van der Waals surface area contributed by atoms with E-state index in [-0.39, 0.29) is 30.7 Å². The lowest BCUT2D eigenvalue weighted by molar-refractivity contribution is -0.137. The Morgan fingerprint density at radius 1 is 1.33 bits per heavy atom. The van der Waals surface area contributed by atoms with Crippen LogP contribution in [0.3, 0.4) is 0 Å². The molecule has 0 saturated carbocycles. The van der Waals surface area contributed by atoms with Crippen molar-refractivity contribution in [3.8, 4) is 5.75 Å². The minimum atomic E-state index is -4.39. The first-order chi connectivity index (χ1) is 11.3. The first-order valence-corrected chi connectivity index (χ1v) is 7.76. The Labute approximate surface area is 138 Å². The molecule has 7 heteroatoms. The van der Waals surface area contributed by atoms with Gasteiger partial charge < -0.3 is 15.2 Å². The summed E-state index contributed by atoms with van der Waals surface area (Å²) < 4.78 is 42.5. The summed E-state index contributed by atoms with van der Waals surface area (Å²) in [5.41, 5.74) is -0.761. The standard InChI is InChI=1S/C17H20F3NO3/c18-17(19,20)13-5-7-15(8-6-13)24-11-14(22)10-21-16(23)9-12-3-1-2-4-12/h1,3,5-8,12,14,22H,2,4,9-11H2,(H,21,23)/t12-,14+/m0/s1. The summed E-state index contributed by atoms with van der Waals surface area (Å²) in [5, 5.41) is 12.4. The van der Waals surface area contributed by atoms with Crippen LogP contribution in [-0.4, -0.2) is 30.3 Å². The molecule has 0 heterocycles. The summed E-state index contributed by atoms with van der Waals surface area (Å²) in [4.78, 5) is 11.7. The number of halogens is 3. The fraction of sp³-hybridized carbons (Fsp3) is 0.471. The Balaban J connectivity index is 1.68. The van der Waals surface area contributed by atoms with Crippen molar-refractivity contribution in [3.63, 3.8) is 0 Å². The Morgan fingerprint density at radius 2 is 2.04 bits per heavy atom. The molecule has 0 aliphatic heterocycles. The third-order valence-electron chi connectivity index (χ3n) is 3.72. The van der Waals surface area contributed by atoms with Crippen LogP contribution in [0.5, 0.6) is 5.75 Å². The molecule has 1 aromatic carbocycles. The van der Waals surface area contributed by atoms with Gasteiger partial charge in [0.05, 0.1) is 5.56 Å². The molecule has 0 spiro atoms. The number of rotatable bonds is 7. The molecule has 2 atom stereocenters. The predicted octanol–water partition coefficient (Wildman–Crippen LogP) is 2.92. The van der Waals surface area contributed by atoms with Crippen LogP contribution in [0.2, 0.25) is 0 Å². The molecule has 0 radical (unpaired) electrons. The number of benzene rings is 1. The highest BCUT2D eigenvalue weighted by atomic mass is 19.4. The number of carbonyl (C=O) groups excluding carboxylic acids is 1. The van der Waals surface area contributed by atoms with Gasteiger partial charge in [-0.15, -0.1) is 0 Å². The molecule has 1 aromatic rings. The van der Waals surface area contributed by atoms with E-state index in [0.717, 1.165) is 25.0 Å². The summed E-state index contributed by atoms with van der Waals surface area (Å²) >= 11 is 0. The molecule has 0 bridgehead atoms. The van der Waals surface area contributed by atoms with E-state index in [1.807, 2.05) is 12.2 Å². The van der Waals surface area contributed by atoms with Crippen LogP contribution in [0.1, 0.15) is 24.8 Å². The van der Waals surface area contributed by atoms with Crippen LogP contribution in [0.4, 0.5) is 13.2 Å². The maximum atomic E-state index is 12.4. The normalized spacial score (nSPS) is 18.4. The zero-order valence-electron chi connectivity index (χ0n) is 13.1. The van der Waals surface area contributed by atoms with Crippen LogP contribution >= 0.6 is 0 Å². The van der Waals surface area contributed by atoms with Gasteiger partial charge in [0.2, 0.25) is 5.91 Å². The number of hydrogen-bond acceptors (Lipinski definition) is 3. The zero-order valence-corrected chi connectivity index (χ0v) is 13.1. The SMILES string of the molecule is O=C(C[C@H]1C=CCC1)NC[C@@H](O)COc1ccc(C(F)(F)F)cc1. The Hall–Kier alpha value is -2.02. The van der Waals surface area contributed by atoms with Crippen LogP contribution in [0, 0.1) is 5.92 Å². The van der Waals surface area contributed by atoms with Gasteiger partial charge in [-0.1, -0.05) is 12.2 Å². The largest absolute Gasteiger partial charge is 0.491 e. The van der Waals surface area contributed by atoms with Crippen molar-refractivity contribution in [2.45, 2.75) is 31.5 Å². The lowest BCUT2D eigenvalue weighted by Gasteiger charge is -2.14. The minimum Gasteiger partial charge on any atom is -0.491 e. The summed E-state index contributed by atoms with van der Waals surface area (Å²) in [6, 6.07) is 4.22. The van der Waals surface area contributed by atoms with E-state index >= 15 is 0 Å². The Morgan fingerprint density at radius 3 is 2.62 bits per heavy atom. The van der Waals surface area contributed by atoms with Gasteiger partial charge in [-0.2, -0.15) is 13.2 Å². The Bertz CT molecular complexity index is 569. The van der Waals surface area contributed by atoms with Crippen molar-refractivity contribution in [1.82, 2.24) is 5.32 Å². The van der Waals surface area contributed by atoms with Crippen molar-refractivity contribution in [3.05, 3.63) is 42.0 Å². The minimum absolute atomic E-state index is 0.0376. The fourth-order valence-electron chi connectivity index (χ4n) is 2.40. The second-order valence-corrected chi connectivity index (χ2v) is 5.76. The topological polar surface area (TPSA) is 58.6 Å². The number of aliphatic hydroxyl groups is 1. The molecule has 4 nitrogen and oxygen atoms in total. The van der Waals surface area contributed by atoms with Gasteiger partial charge in [-0.3, -0.25) is 4.79 Å². The molecule has 1 amide bonds. The molecule has 0 saturated heterocycles. The van der Waals surface area contributed by atoms with Crippen LogP contribution in [-0.2, 0) is 11.0 Å². The van der Waals surface area contributed by atoms with Gasteiger partial charge in [-0.25, -0.2) is 0 Å². The third-order valence-corrected chi connectivity index (χ3v) is 3.72. The van der Waals surface area contributed by atoms with E-state index < -0.39 is 17.8 Å². The maximum absolute atomic E-state index is 12.4. The first-order valence-electron chi connectivity index (χ1n) is 7.76. The predicted molar refractivity (Wildman–Crippen MR) is 82.4 cm³/mol. The average Bonchev–Trinajstić information content (AvgIpc) is 3.03. The number of allylic oxidation sites excluding steroid dienone is 2. The molecule has 2 rings (SSSR count). The summed E-state index contributed by atoms with van der Waals surface area (Å²) in [6.07, 6.45) is 1.08. The molecule has 24 heavy (non-hydrogen) atoms. The van der Waals surface area contributed by atoms with E-state index in [4.69, 9.17) is 4.74 Å². The number of alkyl halides is 3. The van der Waals surface area contributed by atoms with Crippen molar-refractivity contribution >= 4 is 5.91 Å². The van der Waals surface area contributed by atoms with E-state index in [1.54, 1.807) is 0 Å². The molecule has 1 aliphatic rings. The number of carbonyl (C=O) groups is 1. The maximum Gasteiger partial charge on any atom is 0.416 e. The van der Waals surface area contributed by atoms with Crippen molar-refractivity contribution in [2.75, 3.05) is 13.2 Å². The molecular weight excluding hydrogens is 323 g/mol. The van der Waals surface area contributed by atoms with Crippen LogP contribution in [0.25, 0.3) is 0 Å². The van der Waals surface area contributed by atoms with Gasteiger partial charge in [0, 0.05) is 13.0 Å². The highest BCUT2D eigenvalue weighted by Gasteiger charge is 2.30. The number of aliphatic hydroxyl groups excluding tert-OH is 1. The summed E-state index contributed by atoms with van der Waals surface area (Å²) in [7, 11) is 0. The molecule has 1 aliphatic carbocycles. The van der Waals surface area contributed by atoms with Crippen molar-refractivity contribution < 1.29 is 27.8 Å². The highest BCUT2D eigenvalue weighted by molar-refractivity contribution is 5.76. The van der Waals surface area contributed by atoms with E-state index in [2.05, 4.69) is 5.32 Å². The summed E-state index contributed by atoms with van der Waals surface area (Å²) in [5.74, 6) is 0.343. The third kappa shape index (κ3) is 5.88. The zero-order chi connectivity index (χ0) is 17.6. The first kappa shape index (κ1) is 18.3. The lowest BCUT2D eigenvalue weighted by atomic mass is 10.1. The second kappa shape index (κ2) is 8.19.